The maximum absolute atomic E-state index is 6.22. The van der Waals surface area contributed by atoms with Crippen molar-refractivity contribution in [2.24, 2.45) is 0 Å². The van der Waals surface area contributed by atoms with Crippen molar-refractivity contribution in [3.05, 3.63) is 88.2 Å². The van der Waals surface area contributed by atoms with E-state index in [2.05, 4.69) is 25.9 Å². The summed E-state index contributed by atoms with van der Waals surface area (Å²) in [7, 11) is 3.33. The second-order valence-corrected chi connectivity index (χ2v) is 7.48. The van der Waals surface area contributed by atoms with Gasteiger partial charge in [-0.25, -0.2) is 4.98 Å². The first-order valence-corrected chi connectivity index (χ1v) is 9.99. The van der Waals surface area contributed by atoms with Crippen LogP contribution in [0.5, 0.6) is 11.5 Å². The zero-order chi connectivity index (χ0) is 20.2. The normalized spacial score (nSPS) is 12.1. The van der Waals surface area contributed by atoms with Gasteiger partial charge >= 0.3 is 0 Å². The first-order valence-electron chi connectivity index (χ1n) is 9.20. The van der Waals surface area contributed by atoms with Crippen LogP contribution in [0.25, 0.3) is 11.0 Å². The summed E-state index contributed by atoms with van der Waals surface area (Å²) in [6.07, 6.45) is 3.35. The fourth-order valence-corrected chi connectivity index (χ4v) is 3.75. The Labute approximate surface area is 177 Å². The van der Waals surface area contributed by atoms with Crippen LogP contribution in [0.1, 0.15) is 22.8 Å². The number of hydrogen-bond acceptors (Lipinski definition) is 4. The fourth-order valence-electron chi connectivity index (χ4n) is 3.42. The summed E-state index contributed by atoms with van der Waals surface area (Å²) < 4.78 is 18.6. The number of methoxy groups -OCH3 is 2. The van der Waals surface area contributed by atoms with E-state index >= 15 is 0 Å². The molecule has 1 unspecified atom stereocenters. The molecule has 0 aliphatic rings. The number of halogens is 1. The van der Waals surface area contributed by atoms with Gasteiger partial charge in [0.05, 0.1) is 7.11 Å². The van der Waals surface area contributed by atoms with Gasteiger partial charge in [0.1, 0.15) is 18.4 Å². The van der Waals surface area contributed by atoms with Gasteiger partial charge in [0.15, 0.2) is 11.5 Å². The van der Waals surface area contributed by atoms with E-state index in [9.17, 15) is 0 Å². The van der Waals surface area contributed by atoms with Crippen LogP contribution in [0.3, 0.4) is 0 Å². The minimum Gasteiger partial charge on any atom is -0.493 e. The number of ether oxygens (including phenoxy) is 3. The van der Waals surface area contributed by atoms with Gasteiger partial charge in [0.2, 0.25) is 0 Å². The van der Waals surface area contributed by atoms with Gasteiger partial charge in [-0.05, 0) is 33.6 Å². The Bertz CT molecular complexity index is 1110. The fraction of sp³-hybridized carbons (Fsp3) is 0.174. The van der Waals surface area contributed by atoms with E-state index in [0.717, 1.165) is 32.2 Å². The van der Waals surface area contributed by atoms with Gasteiger partial charge in [-0.3, -0.25) is 0 Å². The molecule has 1 N–H and O–H groups in total. The van der Waals surface area contributed by atoms with Crippen molar-refractivity contribution in [1.82, 2.24) is 9.97 Å². The SMILES string of the molecule is COc1cccc(C(OC)c2c[nH]c3ncc(Br)cc23)c1OCc1ccccc1. The summed E-state index contributed by atoms with van der Waals surface area (Å²) in [5, 5.41) is 0.989. The molecule has 0 radical (unpaired) electrons. The monoisotopic (exact) mass is 452 g/mol. The summed E-state index contributed by atoms with van der Waals surface area (Å²) in [5.41, 5.74) is 3.76. The second-order valence-electron chi connectivity index (χ2n) is 6.56. The largest absolute Gasteiger partial charge is 0.493 e. The molecule has 0 bridgehead atoms. The van der Waals surface area contributed by atoms with Gasteiger partial charge in [-0.1, -0.05) is 42.5 Å². The van der Waals surface area contributed by atoms with Crippen LogP contribution in [0.4, 0.5) is 0 Å². The molecule has 0 spiro atoms. The van der Waals surface area contributed by atoms with Crippen molar-refractivity contribution in [3.8, 4) is 11.5 Å². The average molecular weight is 453 g/mol. The lowest BCUT2D eigenvalue weighted by Crippen LogP contribution is -2.08. The van der Waals surface area contributed by atoms with Crippen molar-refractivity contribution in [2.45, 2.75) is 12.7 Å². The van der Waals surface area contributed by atoms with E-state index in [1.807, 2.05) is 60.8 Å². The summed E-state index contributed by atoms with van der Waals surface area (Å²) in [6.45, 7) is 0.436. The maximum atomic E-state index is 6.22. The zero-order valence-corrected chi connectivity index (χ0v) is 17.8. The summed E-state index contributed by atoms with van der Waals surface area (Å²) in [4.78, 5) is 7.65. The predicted molar refractivity (Wildman–Crippen MR) is 116 cm³/mol. The van der Waals surface area contributed by atoms with Gasteiger partial charge in [0.25, 0.3) is 0 Å². The molecule has 29 heavy (non-hydrogen) atoms. The van der Waals surface area contributed by atoms with Crippen molar-refractivity contribution < 1.29 is 14.2 Å². The maximum Gasteiger partial charge on any atom is 0.167 e. The Hall–Kier alpha value is -2.83. The number of aromatic amines is 1. The lowest BCUT2D eigenvalue weighted by molar-refractivity contribution is 0.132. The number of aromatic nitrogens is 2. The number of para-hydroxylation sites is 1. The van der Waals surface area contributed by atoms with Crippen molar-refractivity contribution in [3.63, 3.8) is 0 Å². The molecule has 0 saturated heterocycles. The molecule has 2 aromatic heterocycles. The molecule has 4 aromatic rings. The minimum absolute atomic E-state index is 0.347. The molecular formula is C23H21BrN2O3. The molecule has 5 nitrogen and oxygen atoms in total. The molecule has 4 rings (SSSR count). The van der Waals surface area contributed by atoms with Crippen LogP contribution in [0, 0.1) is 0 Å². The molecule has 148 valence electrons. The lowest BCUT2D eigenvalue weighted by Gasteiger charge is -2.21. The highest BCUT2D eigenvalue weighted by molar-refractivity contribution is 9.10. The van der Waals surface area contributed by atoms with Crippen LogP contribution < -0.4 is 9.47 Å². The number of H-pyrrole nitrogens is 1. The van der Waals surface area contributed by atoms with E-state index in [0.29, 0.717) is 18.1 Å². The lowest BCUT2D eigenvalue weighted by atomic mass is 10.00. The highest BCUT2D eigenvalue weighted by Crippen LogP contribution is 2.41. The average Bonchev–Trinajstić information content (AvgIpc) is 3.16. The highest BCUT2D eigenvalue weighted by Gasteiger charge is 2.24. The third-order valence-electron chi connectivity index (χ3n) is 4.79. The number of nitrogens with one attached hydrogen (secondary N) is 1. The third-order valence-corrected chi connectivity index (χ3v) is 5.22. The summed E-state index contributed by atoms with van der Waals surface area (Å²) >= 11 is 3.50. The van der Waals surface area contributed by atoms with Crippen molar-refractivity contribution in [2.75, 3.05) is 14.2 Å². The molecule has 1 atom stereocenters. The van der Waals surface area contributed by atoms with Crippen LogP contribution in [-0.4, -0.2) is 24.2 Å². The third kappa shape index (κ3) is 3.99. The summed E-state index contributed by atoms with van der Waals surface area (Å²) in [5.74, 6) is 1.34. The van der Waals surface area contributed by atoms with Crippen LogP contribution in [0.15, 0.2) is 71.5 Å². The minimum atomic E-state index is -0.347. The molecule has 0 amide bonds. The molecule has 6 heteroatoms. The first kappa shape index (κ1) is 19.5. The van der Waals surface area contributed by atoms with Crippen molar-refractivity contribution >= 4 is 27.0 Å². The van der Waals surface area contributed by atoms with Gasteiger partial charge in [0, 0.05) is 40.5 Å². The Morgan fingerprint density at radius 3 is 2.62 bits per heavy atom. The van der Waals surface area contributed by atoms with E-state index in [1.165, 1.54) is 0 Å². The standard InChI is InChI=1S/C23H21BrN2O3/c1-27-20-10-6-9-17(22(20)29-14-15-7-4-3-5-8-15)21(28-2)19-13-26-23-18(19)11-16(24)12-25-23/h3-13,21H,14H2,1-2H3,(H,25,26). The molecule has 2 heterocycles. The van der Waals surface area contributed by atoms with Crippen LogP contribution in [0.2, 0.25) is 0 Å². The molecule has 2 aromatic carbocycles. The Kier molecular flexibility index (Phi) is 5.83. The van der Waals surface area contributed by atoms with E-state index in [4.69, 9.17) is 14.2 Å². The number of benzene rings is 2. The molecular weight excluding hydrogens is 432 g/mol. The Morgan fingerprint density at radius 1 is 1.03 bits per heavy atom. The first-order chi connectivity index (χ1) is 14.2. The Balaban J connectivity index is 1.76. The zero-order valence-electron chi connectivity index (χ0n) is 16.2. The van der Waals surface area contributed by atoms with E-state index in [-0.39, 0.29) is 6.10 Å². The topological polar surface area (TPSA) is 56.4 Å². The second kappa shape index (κ2) is 8.68. The number of rotatable bonds is 7. The van der Waals surface area contributed by atoms with Crippen LogP contribution >= 0.6 is 15.9 Å². The smallest absolute Gasteiger partial charge is 0.167 e. The quantitative estimate of drug-likeness (QED) is 0.393. The number of pyridine rings is 1. The van der Waals surface area contributed by atoms with Gasteiger partial charge in [-0.15, -0.1) is 0 Å². The Morgan fingerprint density at radius 2 is 1.86 bits per heavy atom. The molecule has 0 fully saturated rings. The number of nitrogens with zero attached hydrogens (tertiary/aromatic N) is 1. The van der Waals surface area contributed by atoms with E-state index < -0.39 is 0 Å². The summed E-state index contributed by atoms with van der Waals surface area (Å²) in [6, 6.07) is 17.9. The number of fused-ring (bicyclic) bond motifs is 1. The van der Waals surface area contributed by atoms with Crippen LogP contribution in [-0.2, 0) is 11.3 Å². The molecule has 0 aliphatic carbocycles. The van der Waals surface area contributed by atoms with Gasteiger partial charge < -0.3 is 19.2 Å². The van der Waals surface area contributed by atoms with Crippen molar-refractivity contribution in [1.29, 1.82) is 0 Å². The highest BCUT2D eigenvalue weighted by atomic mass is 79.9. The predicted octanol–water partition coefficient (Wildman–Crippen LogP) is 5.65. The van der Waals surface area contributed by atoms with Gasteiger partial charge in [-0.2, -0.15) is 0 Å². The number of hydrogen-bond donors (Lipinski definition) is 1. The molecule has 0 saturated carbocycles. The molecule has 0 aliphatic heterocycles. The van der Waals surface area contributed by atoms with E-state index in [1.54, 1.807) is 20.4 Å².